The number of allylic oxidation sites excluding steroid dienone is 1. The molecule has 0 saturated carbocycles. The lowest BCUT2D eigenvalue weighted by molar-refractivity contribution is 0.832. The van der Waals surface area contributed by atoms with Crippen LogP contribution in [0, 0.1) is 11.3 Å². The van der Waals surface area contributed by atoms with Crippen LogP contribution in [0.5, 0.6) is 0 Å². The van der Waals surface area contributed by atoms with E-state index in [1.807, 2.05) is 0 Å². The van der Waals surface area contributed by atoms with Gasteiger partial charge < -0.3 is 0 Å². The summed E-state index contributed by atoms with van der Waals surface area (Å²) in [4.78, 5) is 0. The number of nitrogens with zero attached hydrogens (tertiary/aromatic N) is 1. The third-order valence-corrected chi connectivity index (χ3v) is 3.98. The van der Waals surface area contributed by atoms with Crippen molar-refractivity contribution in [3.63, 3.8) is 0 Å². The lowest BCUT2D eigenvalue weighted by Gasteiger charge is -1.94. The third-order valence-electron chi connectivity index (χ3n) is 1.06. The Kier molecular flexibility index (Phi) is 3.37. The summed E-state index contributed by atoms with van der Waals surface area (Å²) in [6.45, 7) is 0. The zero-order valence-corrected chi connectivity index (χ0v) is 7.91. The minimum Gasteiger partial charge on any atom is -0.193 e. The Labute approximate surface area is 78.0 Å². The maximum Gasteiger partial charge on any atom is 0.205 e. The van der Waals surface area contributed by atoms with Gasteiger partial charge in [-0.2, -0.15) is 9.65 Å². The molecule has 0 N–H and O–H groups in total. The van der Waals surface area contributed by atoms with Gasteiger partial charge in [-0.3, -0.25) is 0 Å². The number of hydrogen-bond acceptors (Lipinski definition) is 4. The zero-order valence-electron chi connectivity index (χ0n) is 5.46. The summed E-state index contributed by atoms with van der Waals surface area (Å²) in [5.41, 5.74) is 0.0347. The van der Waals surface area contributed by atoms with Crippen LogP contribution >= 0.6 is 35.7 Å². The highest BCUT2D eigenvalue weighted by Crippen LogP contribution is 2.38. The van der Waals surface area contributed by atoms with Crippen LogP contribution in [0.4, 0.5) is 4.39 Å². The van der Waals surface area contributed by atoms with Crippen molar-refractivity contribution >= 4 is 40.9 Å². The van der Waals surface area contributed by atoms with Gasteiger partial charge in [-0.1, -0.05) is 0 Å². The van der Waals surface area contributed by atoms with Gasteiger partial charge in [-0.15, -0.1) is 23.5 Å². The first-order valence-electron chi connectivity index (χ1n) is 2.85. The maximum absolute atomic E-state index is 12.4. The Bertz CT molecular complexity index is 245. The molecule has 11 heavy (non-hydrogen) atoms. The summed E-state index contributed by atoms with van der Waals surface area (Å²) in [5, 5.41) is 7.71. The predicted octanol–water partition coefficient (Wildman–Crippen LogP) is 2.50. The van der Waals surface area contributed by atoms with Crippen molar-refractivity contribution in [2.24, 2.45) is 0 Å². The van der Waals surface area contributed by atoms with E-state index in [0.717, 1.165) is 15.7 Å². The average molecular weight is 205 g/mol. The van der Waals surface area contributed by atoms with E-state index in [0.29, 0.717) is 0 Å². The molecule has 0 radical (unpaired) electrons. The molecule has 0 aliphatic carbocycles. The van der Waals surface area contributed by atoms with Crippen LogP contribution < -0.4 is 0 Å². The number of halogens is 1. The Morgan fingerprint density at radius 2 is 2.09 bits per heavy atom. The Morgan fingerprint density at radius 3 is 2.45 bits per heavy atom. The second-order valence-electron chi connectivity index (χ2n) is 1.74. The SMILES string of the molecule is N#CC(C(F)=S)=C1SCCS1. The van der Waals surface area contributed by atoms with E-state index >= 15 is 0 Å². The first-order valence-corrected chi connectivity index (χ1v) is 5.23. The molecule has 0 aromatic rings. The number of hydrogen-bond donors (Lipinski definition) is 0. The van der Waals surface area contributed by atoms with Crippen molar-refractivity contribution in [1.82, 2.24) is 0 Å². The van der Waals surface area contributed by atoms with Crippen molar-refractivity contribution in [2.45, 2.75) is 0 Å². The summed E-state index contributed by atoms with van der Waals surface area (Å²) in [6, 6.07) is 1.77. The average Bonchev–Trinajstić information content (AvgIpc) is 2.40. The molecule has 1 rings (SSSR count). The van der Waals surface area contributed by atoms with Gasteiger partial charge in [0.05, 0.1) is 4.24 Å². The molecule has 0 aromatic heterocycles. The normalized spacial score (nSPS) is 16.2. The van der Waals surface area contributed by atoms with E-state index in [9.17, 15) is 4.39 Å². The fourth-order valence-corrected chi connectivity index (χ4v) is 3.33. The molecule has 0 spiro atoms. The molecule has 1 saturated heterocycles. The molecule has 0 atom stereocenters. The van der Waals surface area contributed by atoms with Gasteiger partial charge in [-0.05, 0) is 12.2 Å². The van der Waals surface area contributed by atoms with Gasteiger partial charge in [0, 0.05) is 11.5 Å². The lowest BCUT2D eigenvalue weighted by atomic mass is 10.4. The Hall–Kier alpha value is -0.0500. The smallest absolute Gasteiger partial charge is 0.193 e. The molecule has 0 bridgehead atoms. The molecule has 0 amide bonds. The minimum absolute atomic E-state index is 0.0347. The first-order chi connectivity index (χ1) is 5.25. The van der Waals surface area contributed by atoms with Crippen molar-refractivity contribution in [3.8, 4) is 6.07 Å². The second kappa shape index (κ2) is 4.10. The Balaban J connectivity index is 2.90. The molecule has 1 aliphatic rings. The van der Waals surface area contributed by atoms with E-state index in [-0.39, 0.29) is 5.57 Å². The van der Waals surface area contributed by atoms with E-state index < -0.39 is 5.12 Å². The van der Waals surface area contributed by atoms with Crippen LogP contribution in [0.3, 0.4) is 0 Å². The molecule has 1 nitrogen and oxygen atoms in total. The predicted molar refractivity (Wildman–Crippen MR) is 51.3 cm³/mol. The van der Waals surface area contributed by atoms with Gasteiger partial charge in [-0.25, -0.2) is 0 Å². The van der Waals surface area contributed by atoms with Crippen molar-refractivity contribution < 1.29 is 4.39 Å². The molecule has 5 heteroatoms. The zero-order chi connectivity index (χ0) is 8.27. The van der Waals surface area contributed by atoms with Gasteiger partial charge >= 0.3 is 0 Å². The largest absolute Gasteiger partial charge is 0.205 e. The minimum atomic E-state index is -0.788. The van der Waals surface area contributed by atoms with Crippen LogP contribution in [0.2, 0.25) is 0 Å². The number of thioether (sulfide) groups is 2. The van der Waals surface area contributed by atoms with Crippen LogP contribution in [-0.2, 0) is 0 Å². The van der Waals surface area contributed by atoms with Gasteiger partial charge in [0.25, 0.3) is 0 Å². The molecule has 0 aromatic carbocycles. The summed E-state index contributed by atoms with van der Waals surface area (Å²) in [7, 11) is 0. The summed E-state index contributed by atoms with van der Waals surface area (Å²) in [5.74, 6) is 1.88. The van der Waals surface area contributed by atoms with E-state index in [2.05, 4.69) is 12.2 Å². The van der Waals surface area contributed by atoms with Crippen molar-refractivity contribution in [1.29, 1.82) is 5.26 Å². The standard InChI is InChI=1S/C6H4FNS3/c7-5(9)4(3-8)6-10-1-2-11-6/h1-2H2. The number of rotatable bonds is 1. The van der Waals surface area contributed by atoms with Gasteiger partial charge in [0.1, 0.15) is 11.6 Å². The molecule has 1 heterocycles. The number of nitriles is 1. The van der Waals surface area contributed by atoms with Crippen LogP contribution in [-0.4, -0.2) is 16.6 Å². The summed E-state index contributed by atoms with van der Waals surface area (Å²) < 4.78 is 13.2. The van der Waals surface area contributed by atoms with Crippen LogP contribution in [0.25, 0.3) is 0 Å². The molecule has 1 aliphatic heterocycles. The molecular weight excluding hydrogens is 201 g/mol. The van der Waals surface area contributed by atoms with E-state index in [1.165, 1.54) is 23.5 Å². The number of thiocarbonyl (C=S) groups is 1. The fourth-order valence-electron chi connectivity index (χ4n) is 0.625. The maximum atomic E-state index is 12.4. The summed E-state index contributed by atoms with van der Waals surface area (Å²) in [6.07, 6.45) is 0. The third kappa shape index (κ3) is 2.19. The molecular formula is C6H4FNS3. The van der Waals surface area contributed by atoms with E-state index in [4.69, 9.17) is 5.26 Å². The van der Waals surface area contributed by atoms with Crippen LogP contribution in [0.15, 0.2) is 9.81 Å². The van der Waals surface area contributed by atoms with Crippen molar-refractivity contribution in [3.05, 3.63) is 9.81 Å². The van der Waals surface area contributed by atoms with Gasteiger partial charge in [0.15, 0.2) is 0 Å². The molecule has 1 fully saturated rings. The van der Waals surface area contributed by atoms with Crippen molar-refractivity contribution in [2.75, 3.05) is 11.5 Å². The van der Waals surface area contributed by atoms with E-state index in [1.54, 1.807) is 6.07 Å². The molecule has 0 unspecified atom stereocenters. The Morgan fingerprint density at radius 1 is 1.55 bits per heavy atom. The second-order valence-corrected chi connectivity index (χ2v) is 4.57. The highest BCUT2D eigenvalue weighted by molar-refractivity contribution is 8.25. The summed E-state index contributed by atoms with van der Waals surface area (Å²) >= 11 is 7.27. The fraction of sp³-hybridized carbons (Fsp3) is 0.333. The topological polar surface area (TPSA) is 23.8 Å². The van der Waals surface area contributed by atoms with Crippen LogP contribution in [0.1, 0.15) is 0 Å². The highest BCUT2D eigenvalue weighted by Gasteiger charge is 2.16. The first kappa shape index (κ1) is 9.04. The molecule has 58 valence electrons. The monoisotopic (exact) mass is 205 g/mol. The lowest BCUT2D eigenvalue weighted by Crippen LogP contribution is -1.89. The quantitative estimate of drug-likeness (QED) is 0.284. The van der Waals surface area contributed by atoms with Gasteiger partial charge in [0.2, 0.25) is 5.12 Å². The highest BCUT2D eigenvalue weighted by atomic mass is 32.2.